The fourth-order valence-corrected chi connectivity index (χ4v) is 5.30. The van der Waals surface area contributed by atoms with E-state index in [0.29, 0.717) is 13.0 Å². The first-order chi connectivity index (χ1) is 20.1. The van der Waals surface area contributed by atoms with Crippen LogP contribution in [0.25, 0.3) is 0 Å². The van der Waals surface area contributed by atoms with Gasteiger partial charge in [-0.05, 0) is 12.8 Å². The highest BCUT2D eigenvalue weighted by Crippen LogP contribution is 2.26. The van der Waals surface area contributed by atoms with Gasteiger partial charge in [-0.3, -0.25) is 9.35 Å². The average Bonchev–Trinajstić information content (AvgIpc) is 2.94. The molecule has 1 aliphatic heterocycles. The second-order valence-electron chi connectivity index (χ2n) is 11.1. The lowest BCUT2D eigenvalue weighted by atomic mass is 9.99. The van der Waals surface area contributed by atoms with Crippen LogP contribution in [0.15, 0.2) is 0 Å². The molecule has 4 N–H and O–H groups in total. The van der Waals surface area contributed by atoms with Gasteiger partial charge in [0.25, 0.3) is 0 Å². The average molecular weight is 629 g/mol. The summed E-state index contributed by atoms with van der Waals surface area (Å²) in [4.78, 5) is 12.3. The zero-order valence-corrected chi connectivity index (χ0v) is 26.4. The summed E-state index contributed by atoms with van der Waals surface area (Å²) in [5.41, 5.74) is 0. The van der Waals surface area contributed by atoms with Crippen molar-refractivity contribution >= 4 is 16.4 Å². The van der Waals surface area contributed by atoms with Crippen LogP contribution in [-0.2, 0) is 38.3 Å². The first-order valence-electron chi connectivity index (χ1n) is 15.8. The van der Waals surface area contributed by atoms with Crippen LogP contribution in [0.2, 0.25) is 0 Å². The number of hydrogen-bond donors (Lipinski definition) is 4. The molecule has 1 heterocycles. The number of rotatable bonds is 26. The highest BCUT2D eigenvalue weighted by atomic mass is 32.3. The van der Waals surface area contributed by atoms with Crippen molar-refractivity contribution in [1.29, 1.82) is 0 Å². The Hall–Kier alpha value is -0.900. The molecular formula is C29H56O12S. The Bertz CT molecular complexity index is 781. The maximum Gasteiger partial charge on any atom is 0.397 e. The summed E-state index contributed by atoms with van der Waals surface area (Å²) < 4.78 is 58.0. The molecule has 0 radical (unpaired) electrons. The number of aliphatic hydroxyl groups is 3. The summed E-state index contributed by atoms with van der Waals surface area (Å²) >= 11 is 0. The molecule has 1 fully saturated rings. The molecule has 0 aromatic carbocycles. The van der Waals surface area contributed by atoms with Crippen LogP contribution in [0.3, 0.4) is 0 Å². The fourth-order valence-electron chi connectivity index (χ4n) is 4.79. The molecule has 0 aromatic rings. The van der Waals surface area contributed by atoms with Crippen LogP contribution in [0.4, 0.5) is 0 Å². The van der Waals surface area contributed by atoms with E-state index in [9.17, 15) is 28.5 Å². The van der Waals surface area contributed by atoms with Gasteiger partial charge in [0, 0.05) is 13.0 Å². The van der Waals surface area contributed by atoms with Crippen molar-refractivity contribution in [2.75, 3.05) is 26.4 Å². The number of aliphatic hydroxyl groups excluding tert-OH is 3. The molecule has 12 nitrogen and oxygen atoms in total. The molecule has 1 saturated heterocycles. The Morgan fingerprint density at radius 1 is 0.810 bits per heavy atom. The molecule has 1 rings (SSSR count). The molecule has 13 heteroatoms. The van der Waals surface area contributed by atoms with Gasteiger partial charge < -0.3 is 34.3 Å². The minimum Gasteiger partial charge on any atom is -0.457 e. The second-order valence-corrected chi connectivity index (χ2v) is 12.1. The van der Waals surface area contributed by atoms with E-state index in [1.54, 1.807) is 0 Å². The zero-order valence-electron chi connectivity index (χ0n) is 25.6. The molecule has 0 spiro atoms. The van der Waals surface area contributed by atoms with Crippen molar-refractivity contribution in [2.24, 2.45) is 0 Å². The third-order valence-corrected chi connectivity index (χ3v) is 7.69. The van der Waals surface area contributed by atoms with E-state index in [2.05, 4.69) is 11.1 Å². The van der Waals surface area contributed by atoms with Gasteiger partial charge in [0.2, 0.25) is 0 Å². The van der Waals surface area contributed by atoms with Gasteiger partial charge >= 0.3 is 16.4 Å². The molecular weight excluding hydrogens is 572 g/mol. The van der Waals surface area contributed by atoms with Gasteiger partial charge in [-0.1, -0.05) is 97.3 Å². The van der Waals surface area contributed by atoms with E-state index in [1.807, 2.05) is 6.92 Å². The summed E-state index contributed by atoms with van der Waals surface area (Å²) in [5.74, 6) is -0.424. The van der Waals surface area contributed by atoms with Crippen molar-refractivity contribution in [1.82, 2.24) is 0 Å². The number of carbonyl (C=O) groups is 1. The smallest absolute Gasteiger partial charge is 0.397 e. The van der Waals surface area contributed by atoms with E-state index in [0.717, 1.165) is 32.1 Å². The summed E-state index contributed by atoms with van der Waals surface area (Å²) in [6, 6.07) is 0. The van der Waals surface area contributed by atoms with Gasteiger partial charge in [0.15, 0.2) is 6.29 Å². The maximum atomic E-state index is 12.3. The van der Waals surface area contributed by atoms with Crippen molar-refractivity contribution in [3.8, 4) is 0 Å². The van der Waals surface area contributed by atoms with E-state index < -0.39 is 59.8 Å². The summed E-state index contributed by atoms with van der Waals surface area (Å²) in [6.45, 7) is 3.76. The summed E-state index contributed by atoms with van der Waals surface area (Å²) in [5, 5.41) is 30.2. The molecule has 0 bridgehead atoms. The van der Waals surface area contributed by atoms with Crippen LogP contribution in [0.5, 0.6) is 0 Å². The number of unbranched alkanes of at least 4 members (excludes halogenated alkanes) is 13. The molecule has 0 amide bonds. The lowest BCUT2D eigenvalue weighted by Crippen LogP contribution is -2.60. The predicted molar refractivity (Wildman–Crippen MR) is 156 cm³/mol. The number of carbonyl (C=O) groups excluding carboxylic acids is 1. The lowest BCUT2D eigenvalue weighted by Gasteiger charge is -2.41. The van der Waals surface area contributed by atoms with Crippen LogP contribution >= 0.6 is 0 Å². The van der Waals surface area contributed by atoms with Crippen LogP contribution in [-0.4, -0.2) is 97.5 Å². The first-order valence-corrected chi connectivity index (χ1v) is 17.2. The highest BCUT2D eigenvalue weighted by Gasteiger charge is 2.48. The second kappa shape index (κ2) is 23.5. The molecule has 250 valence electrons. The standard InChI is InChI=1S/C29H56O12S/c1-3-5-7-8-9-10-11-12-13-14-15-17-19-37-21-23(39-25(31)18-16-6-4-2)22-38-29-27(33)28(41-42(34,35)36)26(32)24(20-30)40-29/h23-24,26-30,32-33H,3-22H2,1-2H3,(H,34,35,36). The van der Waals surface area contributed by atoms with Gasteiger partial charge in [0.05, 0.1) is 19.8 Å². The Morgan fingerprint density at radius 2 is 1.36 bits per heavy atom. The first kappa shape index (κ1) is 39.1. The molecule has 0 saturated carbocycles. The van der Waals surface area contributed by atoms with Crippen molar-refractivity contribution < 1.29 is 56.2 Å². The van der Waals surface area contributed by atoms with Crippen molar-refractivity contribution in [3.05, 3.63) is 0 Å². The number of ether oxygens (including phenoxy) is 4. The van der Waals surface area contributed by atoms with E-state index in [1.165, 1.54) is 57.8 Å². The molecule has 0 aliphatic carbocycles. The van der Waals surface area contributed by atoms with Gasteiger partial charge in [0.1, 0.15) is 30.5 Å². The van der Waals surface area contributed by atoms with Gasteiger partial charge in [-0.25, -0.2) is 4.18 Å². The number of esters is 1. The summed E-state index contributed by atoms with van der Waals surface area (Å²) in [6.07, 6.45) is 8.26. The molecule has 6 unspecified atom stereocenters. The van der Waals surface area contributed by atoms with Crippen LogP contribution < -0.4 is 0 Å². The van der Waals surface area contributed by atoms with E-state index in [4.69, 9.17) is 23.5 Å². The molecule has 1 aliphatic rings. The Balaban J connectivity index is 2.48. The monoisotopic (exact) mass is 628 g/mol. The summed E-state index contributed by atoms with van der Waals surface area (Å²) in [7, 11) is -5.04. The minimum atomic E-state index is -5.04. The molecule has 6 atom stereocenters. The Morgan fingerprint density at radius 3 is 1.90 bits per heavy atom. The Kier molecular flexibility index (Phi) is 21.9. The topological polar surface area (TPSA) is 178 Å². The lowest BCUT2D eigenvalue weighted by molar-refractivity contribution is -0.301. The Labute approximate surface area is 252 Å². The molecule has 0 aromatic heterocycles. The normalized spacial score (nSPS) is 23.6. The van der Waals surface area contributed by atoms with Gasteiger partial charge in [-0.15, -0.1) is 0 Å². The largest absolute Gasteiger partial charge is 0.457 e. The SMILES string of the molecule is CCCCCCCCCCCCCCOCC(COC1OC(CO)C(O)C(OS(=O)(=O)O)C1O)OC(=O)CCCCC. The quantitative estimate of drug-likeness (QED) is 0.0619. The third kappa shape index (κ3) is 18.0. The fraction of sp³-hybridized carbons (Fsp3) is 0.966. The van der Waals surface area contributed by atoms with Crippen molar-refractivity contribution in [2.45, 2.75) is 153 Å². The van der Waals surface area contributed by atoms with Crippen molar-refractivity contribution in [3.63, 3.8) is 0 Å². The predicted octanol–water partition coefficient (Wildman–Crippen LogP) is 3.84. The zero-order chi connectivity index (χ0) is 31.2. The third-order valence-electron chi connectivity index (χ3n) is 7.23. The molecule has 42 heavy (non-hydrogen) atoms. The van der Waals surface area contributed by atoms with E-state index >= 15 is 0 Å². The maximum absolute atomic E-state index is 12.3. The number of hydrogen-bond acceptors (Lipinski definition) is 11. The van der Waals surface area contributed by atoms with Crippen LogP contribution in [0.1, 0.15) is 117 Å². The highest BCUT2D eigenvalue weighted by molar-refractivity contribution is 7.80. The van der Waals surface area contributed by atoms with Gasteiger partial charge in [-0.2, -0.15) is 8.42 Å². The minimum absolute atomic E-state index is 0.0391. The van der Waals surface area contributed by atoms with Crippen LogP contribution in [0, 0.1) is 0 Å². The van der Waals surface area contributed by atoms with E-state index in [-0.39, 0.29) is 19.6 Å².